The van der Waals surface area contributed by atoms with Crippen LogP contribution in [0.2, 0.25) is 0 Å². The molecule has 1 atom stereocenters. The lowest BCUT2D eigenvalue weighted by atomic mass is 9.74. The summed E-state index contributed by atoms with van der Waals surface area (Å²) in [7, 11) is 0. The molecule has 0 fully saturated rings. The van der Waals surface area contributed by atoms with Crippen LogP contribution in [-0.4, -0.2) is 15.0 Å². The Morgan fingerprint density at radius 1 is 1.24 bits per heavy atom. The number of rotatable bonds is 1. The van der Waals surface area contributed by atoms with Crippen LogP contribution in [0.1, 0.15) is 37.6 Å². The fourth-order valence-electron chi connectivity index (χ4n) is 2.80. The largest absolute Gasteiger partial charge is 0.324 e. The number of nitrogens with two attached hydrogens (primary N) is 1. The highest BCUT2D eigenvalue weighted by Gasteiger charge is 2.32. The number of hydrogen-bond acceptors (Lipinski definition) is 4. The average Bonchev–Trinajstić information content (AvgIpc) is 2.36. The summed E-state index contributed by atoms with van der Waals surface area (Å²) < 4.78 is 1.79. The first kappa shape index (κ1) is 15.1. The highest BCUT2D eigenvalue weighted by atomic mass is 79.9. The topological polar surface area (TPSA) is 64.7 Å². The highest BCUT2D eigenvalue weighted by Crippen LogP contribution is 2.39. The second kappa shape index (κ2) is 5.41. The Morgan fingerprint density at radius 2 is 2.00 bits per heavy atom. The molecule has 0 saturated carbocycles. The van der Waals surface area contributed by atoms with Crippen LogP contribution in [0.25, 0.3) is 11.5 Å². The van der Waals surface area contributed by atoms with E-state index in [1.807, 2.05) is 12.3 Å². The van der Waals surface area contributed by atoms with Crippen molar-refractivity contribution in [3.05, 3.63) is 38.7 Å². The van der Waals surface area contributed by atoms with E-state index in [0.717, 1.165) is 38.7 Å². The third kappa shape index (κ3) is 3.03. The molecule has 0 radical (unpaired) electrons. The molecule has 6 heteroatoms. The SMILES string of the molecule is CC1(C)Cc2nc(-c3ncc(Br)cc3Br)ncc2C(N)C1. The van der Waals surface area contributed by atoms with Crippen molar-refractivity contribution >= 4 is 31.9 Å². The van der Waals surface area contributed by atoms with Gasteiger partial charge >= 0.3 is 0 Å². The maximum absolute atomic E-state index is 6.25. The van der Waals surface area contributed by atoms with Gasteiger partial charge in [-0.25, -0.2) is 9.97 Å². The molecule has 0 amide bonds. The Balaban J connectivity index is 2.07. The van der Waals surface area contributed by atoms with E-state index >= 15 is 0 Å². The van der Waals surface area contributed by atoms with Crippen molar-refractivity contribution in [2.75, 3.05) is 0 Å². The fraction of sp³-hybridized carbons (Fsp3) is 0.400. The standard InChI is InChI=1S/C15H16Br2N4/c1-15(2)4-11(18)9-7-20-14(21-12(9)5-15)13-10(17)3-8(16)6-19-13/h3,6-7,11H,4-5,18H2,1-2H3. The van der Waals surface area contributed by atoms with E-state index in [1.54, 1.807) is 6.20 Å². The molecule has 0 aliphatic heterocycles. The molecule has 3 rings (SSSR count). The van der Waals surface area contributed by atoms with E-state index < -0.39 is 0 Å². The molecule has 21 heavy (non-hydrogen) atoms. The predicted octanol–water partition coefficient (Wildman–Crippen LogP) is 4.04. The molecule has 0 saturated heterocycles. The van der Waals surface area contributed by atoms with Gasteiger partial charge in [-0.15, -0.1) is 0 Å². The Kier molecular flexibility index (Phi) is 3.88. The number of fused-ring (bicyclic) bond motifs is 1. The first-order valence-corrected chi connectivity index (χ1v) is 8.37. The van der Waals surface area contributed by atoms with Gasteiger partial charge < -0.3 is 5.73 Å². The summed E-state index contributed by atoms with van der Waals surface area (Å²) in [6, 6.07) is 1.96. The van der Waals surface area contributed by atoms with E-state index in [-0.39, 0.29) is 11.5 Å². The average molecular weight is 412 g/mol. The second-order valence-corrected chi connectivity index (χ2v) is 8.00. The Hall–Kier alpha value is -0.850. The third-order valence-electron chi connectivity index (χ3n) is 3.74. The van der Waals surface area contributed by atoms with Gasteiger partial charge in [-0.1, -0.05) is 13.8 Å². The number of aromatic nitrogens is 3. The summed E-state index contributed by atoms with van der Waals surface area (Å²) in [5.41, 5.74) is 9.27. The summed E-state index contributed by atoms with van der Waals surface area (Å²) in [6.45, 7) is 4.46. The van der Waals surface area contributed by atoms with E-state index in [9.17, 15) is 0 Å². The van der Waals surface area contributed by atoms with Gasteiger partial charge in [-0.3, -0.25) is 4.98 Å². The Morgan fingerprint density at radius 3 is 2.71 bits per heavy atom. The number of nitrogens with zero attached hydrogens (tertiary/aromatic N) is 3. The molecule has 2 N–H and O–H groups in total. The number of halogens is 2. The van der Waals surface area contributed by atoms with Crippen LogP contribution in [-0.2, 0) is 6.42 Å². The summed E-state index contributed by atoms with van der Waals surface area (Å²) in [4.78, 5) is 13.6. The van der Waals surface area contributed by atoms with Gasteiger partial charge in [0, 0.05) is 38.6 Å². The molecule has 2 heterocycles. The summed E-state index contributed by atoms with van der Waals surface area (Å²) in [5, 5.41) is 0. The lowest BCUT2D eigenvalue weighted by Crippen LogP contribution is -2.30. The van der Waals surface area contributed by atoms with Crippen LogP contribution in [0.4, 0.5) is 0 Å². The predicted molar refractivity (Wildman–Crippen MR) is 89.7 cm³/mol. The minimum Gasteiger partial charge on any atom is -0.324 e. The Bertz CT molecular complexity index is 700. The van der Waals surface area contributed by atoms with Gasteiger partial charge in [0.05, 0.1) is 0 Å². The molecule has 2 aromatic heterocycles. The van der Waals surface area contributed by atoms with Gasteiger partial charge in [0.15, 0.2) is 5.82 Å². The van der Waals surface area contributed by atoms with Crippen LogP contribution >= 0.6 is 31.9 Å². The molecule has 0 spiro atoms. The van der Waals surface area contributed by atoms with Crippen molar-refractivity contribution in [3.63, 3.8) is 0 Å². The normalized spacial score (nSPS) is 20.1. The van der Waals surface area contributed by atoms with Gasteiger partial charge in [0.1, 0.15) is 5.69 Å². The second-order valence-electron chi connectivity index (χ2n) is 6.23. The third-order valence-corrected chi connectivity index (χ3v) is 4.78. The van der Waals surface area contributed by atoms with Gasteiger partial charge in [0.2, 0.25) is 0 Å². The van der Waals surface area contributed by atoms with E-state index in [0.29, 0.717) is 5.82 Å². The minimum atomic E-state index is 0.0131. The van der Waals surface area contributed by atoms with E-state index in [2.05, 4.69) is 55.7 Å². The quantitative estimate of drug-likeness (QED) is 0.768. The van der Waals surface area contributed by atoms with Crippen molar-refractivity contribution in [2.24, 2.45) is 11.1 Å². The molecule has 110 valence electrons. The summed E-state index contributed by atoms with van der Waals surface area (Å²) in [6.07, 6.45) is 5.48. The zero-order chi connectivity index (χ0) is 15.2. The maximum atomic E-state index is 6.25. The first-order chi connectivity index (χ1) is 9.85. The molecule has 0 aromatic carbocycles. The van der Waals surface area contributed by atoms with Crippen LogP contribution in [0.3, 0.4) is 0 Å². The zero-order valence-corrected chi connectivity index (χ0v) is 15.1. The molecule has 4 nitrogen and oxygen atoms in total. The molecule has 1 aliphatic carbocycles. The maximum Gasteiger partial charge on any atom is 0.179 e. The monoisotopic (exact) mass is 410 g/mol. The van der Waals surface area contributed by atoms with Crippen molar-refractivity contribution in [3.8, 4) is 11.5 Å². The van der Waals surface area contributed by atoms with Crippen LogP contribution in [0, 0.1) is 5.41 Å². The highest BCUT2D eigenvalue weighted by molar-refractivity contribution is 9.11. The van der Waals surface area contributed by atoms with Gasteiger partial charge in [-0.2, -0.15) is 0 Å². The van der Waals surface area contributed by atoms with E-state index in [1.165, 1.54) is 0 Å². The zero-order valence-electron chi connectivity index (χ0n) is 11.9. The summed E-state index contributed by atoms with van der Waals surface area (Å²) >= 11 is 6.92. The summed E-state index contributed by atoms with van der Waals surface area (Å²) in [5.74, 6) is 0.637. The van der Waals surface area contributed by atoms with Gasteiger partial charge in [-0.05, 0) is 56.2 Å². The van der Waals surface area contributed by atoms with E-state index in [4.69, 9.17) is 10.7 Å². The Labute approximate surface area is 140 Å². The van der Waals surface area contributed by atoms with Crippen LogP contribution in [0.5, 0.6) is 0 Å². The van der Waals surface area contributed by atoms with Crippen molar-refractivity contribution in [1.82, 2.24) is 15.0 Å². The first-order valence-electron chi connectivity index (χ1n) is 6.78. The smallest absolute Gasteiger partial charge is 0.179 e. The molecule has 0 bridgehead atoms. The number of hydrogen-bond donors (Lipinski definition) is 1. The van der Waals surface area contributed by atoms with Gasteiger partial charge in [0.25, 0.3) is 0 Å². The van der Waals surface area contributed by atoms with Crippen molar-refractivity contribution < 1.29 is 0 Å². The molecular weight excluding hydrogens is 396 g/mol. The molecule has 1 aliphatic rings. The van der Waals surface area contributed by atoms with Crippen LogP contribution < -0.4 is 5.73 Å². The van der Waals surface area contributed by atoms with Crippen molar-refractivity contribution in [2.45, 2.75) is 32.7 Å². The lowest BCUT2D eigenvalue weighted by molar-refractivity contribution is 0.278. The molecule has 2 aromatic rings. The number of pyridine rings is 1. The molecule has 1 unspecified atom stereocenters. The van der Waals surface area contributed by atoms with Crippen LogP contribution in [0.15, 0.2) is 27.4 Å². The lowest BCUT2D eigenvalue weighted by Gasteiger charge is -2.34. The molecular formula is C15H16Br2N4. The minimum absolute atomic E-state index is 0.0131. The fourth-order valence-corrected chi connectivity index (χ4v) is 3.97. The van der Waals surface area contributed by atoms with Crippen molar-refractivity contribution in [1.29, 1.82) is 0 Å².